The normalized spacial score (nSPS) is 11.1. The molecule has 0 bridgehead atoms. The molecule has 0 saturated heterocycles. The molecule has 60 valence electrons. The first kappa shape index (κ1) is 9.30. The van der Waals surface area contributed by atoms with Crippen LogP contribution < -0.4 is 0 Å². The Balaban J connectivity index is 2.50. The molecular formula is C8H8BrClS. The van der Waals surface area contributed by atoms with Crippen LogP contribution in [0.1, 0.15) is 11.3 Å². The molecule has 0 aliphatic rings. The Hall–Kier alpha value is 0.210. The molecule has 0 radical (unpaired) electrons. The quantitative estimate of drug-likeness (QED) is 0.706. The third kappa shape index (κ3) is 3.41. The van der Waals surface area contributed by atoms with Gasteiger partial charge in [-0.15, -0.1) is 11.3 Å². The van der Waals surface area contributed by atoms with Crippen LogP contribution in [-0.4, -0.2) is 5.33 Å². The predicted molar refractivity (Wildman–Crippen MR) is 56.8 cm³/mol. The molecule has 1 aromatic rings. The Morgan fingerprint density at radius 3 is 2.91 bits per heavy atom. The molecule has 0 aromatic carbocycles. The topological polar surface area (TPSA) is 0 Å². The van der Waals surface area contributed by atoms with Gasteiger partial charge in [-0.25, -0.2) is 0 Å². The standard InChI is InChI=1S/C8H8BrClS/c9-6-2-1-3-7-4-5-8(10)11-7/h1,3-5H,2,6H2. The summed E-state index contributed by atoms with van der Waals surface area (Å²) in [7, 11) is 0. The van der Waals surface area contributed by atoms with Crippen LogP contribution in [0.2, 0.25) is 4.34 Å². The van der Waals surface area contributed by atoms with Gasteiger partial charge in [0.1, 0.15) is 0 Å². The average molecular weight is 252 g/mol. The first-order valence-corrected chi connectivity index (χ1v) is 5.62. The summed E-state index contributed by atoms with van der Waals surface area (Å²) >= 11 is 10.7. The second-order valence-electron chi connectivity index (χ2n) is 2.02. The maximum Gasteiger partial charge on any atom is 0.0934 e. The molecule has 0 saturated carbocycles. The summed E-state index contributed by atoms with van der Waals surface area (Å²) in [5.74, 6) is 0. The second-order valence-corrected chi connectivity index (χ2v) is 4.56. The maximum atomic E-state index is 5.75. The Morgan fingerprint density at radius 2 is 2.36 bits per heavy atom. The van der Waals surface area contributed by atoms with E-state index in [1.54, 1.807) is 11.3 Å². The highest BCUT2D eigenvalue weighted by molar-refractivity contribution is 9.09. The van der Waals surface area contributed by atoms with E-state index < -0.39 is 0 Å². The summed E-state index contributed by atoms with van der Waals surface area (Å²) in [5.41, 5.74) is 0. The number of halogens is 2. The molecule has 0 unspecified atom stereocenters. The van der Waals surface area contributed by atoms with Crippen molar-refractivity contribution in [3.63, 3.8) is 0 Å². The molecule has 0 aliphatic carbocycles. The zero-order valence-electron chi connectivity index (χ0n) is 5.89. The summed E-state index contributed by atoms with van der Waals surface area (Å²) in [6.45, 7) is 0. The van der Waals surface area contributed by atoms with Gasteiger partial charge in [0.05, 0.1) is 4.34 Å². The molecule has 0 N–H and O–H groups in total. The highest BCUT2D eigenvalue weighted by atomic mass is 79.9. The smallest absolute Gasteiger partial charge is 0.0934 e. The third-order valence-corrected chi connectivity index (χ3v) is 2.81. The van der Waals surface area contributed by atoms with E-state index in [0.717, 1.165) is 16.1 Å². The van der Waals surface area contributed by atoms with Gasteiger partial charge < -0.3 is 0 Å². The van der Waals surface area contributed by atoms with E-state index in [2.05, 4.69) is 28.1 Å². The molecule has 0 spiro atoms. The Labute approximate surface area is 84.0 Å². The van der Waals surface area contributed by atoms with Gasteiger partial charge >= 0.3 is 0 Å². The molecule has 11 heavy (non-hydrogen) atoms. The number of thiophene rings is 1. The van der Waals surface area contributed by atoms with Gasteiger partial charge in [-0.1, -0.05) is 33.6 Å². The summed E-state index contributed by atoms with van der Waals surface area (Å²) in [5, 5.41) is 1.02. The van der Waals surface area contributed by atoms with Crippen LogP contribution in [0, 0.1) is 0 Å². The largest absolute Gasteiger partial charge is 0.124 e. The third-order valence-electron chi connectivity index (χ3n) is 1.15. The van der Waals surface area contributed by atoms with E-state index in [1.807, 2.05) is 12.1 Å². The van der Waals surface area contributed by atoms with Crippen molar-refractivity contribution in [2.45, 2.75) is 6.42 Å². The van der Waals surface area contributed by atoms with E-state index in [9.17, 15) is 0 Å². The lowest BCUT2D eigenvalue weighted by Crippen LogP contribution is -1.64. The van der Waals surface area contributed by atoms with E-state index >= 15 is 0 Å². The van der Waals surface area contributed by atoms with Crippen molar-refractivity contribution in [1.82, 2.24) is 0 Å². The molecule has 1 aromatic heterocycles. The first-order chi connectivity index (χ1) is 5.33. The molecule has 1 rings (SSSR count). The Morgan fingerprint density at radius 1 is 1.55 bits per heavy atom. The van der Waals surface area contributed by atoms with Crippen LogP contribution in [0.5, 0.6) is 0 Å². The lowest BCUT2D eigenvalue weighted by molar-refractivity contribution is 1.27. The van der Waals surface area contributed by atoms with Crippen molar-refractivity contribution in [2.75, 3.05) is 5.33 Å². The van der Waals surface area contributed by atoms with Crippen LogP contribution in [0.3, 0.4) is 0 Å². The fourth-order valence-corrected chi connectivity index (χ4v) is 1.94. The van der Waals surface area contributed by atoms with Crippen molar-refractivity contribution >= 4 is 44.9 Å². The van der Waals surface area contributed by atoms with Crippen LogP contribution in [0.25, 0.3) is 6.08 Å². The number of hydrogen-bond acceptors (Lipinski definition) is 1. The minimum Gasteiger partial charge on any atom is -0.124 e. The summed E-state index contributed by atoms with van der Waals surface area (Å²) in [6.07, 6.45) is 5.30. The Kier molecular flexibility index (Phi) is 4.20. The zero-order chi connectivity index (χ0) is 8.10. The van der Waals surface area contributed by atoms with Gasteiger partial charge in [-0.3, -0.25) is 0 Å². The van der Waals surface area contributed by atoms with Crippen LogP contribution in [0.4, 0.5) is 0 Å². The number of allylic oxidation sites excluding steroid dienone is 1. The Bertz CT molecular complexity index is 242. The van der Waals surface area contributed by atoms with Crippen LogP contribution >= 0.6 is 38.9 Å². The lowest BCUT2D eigenvalue weighted by Gasteiger charge is -1.82. The average Bonchev–Trinajstić information content (AvgIpc) is 2.37. The molecule has 1 heterocycles. The highest BCUT2D eigenvalue weighted by Crippen LogP contribution is 2.22. The van der Waals surface area contributed by atoms with Crippen molar-refractivity contribution in [1.29, 1.82) is 0 Å². The van der Waals surface area contributed by atoms with E-state index in [4.69, 9.17) is 11.6 Å². The van der Waals surface area contributed by atoms with Gasteiger partial charge in [0.2, 0.25) is 0 Å². The van der Waals surface area contributed by atoms with E-state index in [0.29, 0.717) is 0 Å². The SMILES string of the molecule is Clc1ccc(C=CCCBr)s1. The highest BCUT2D eigenvalue weighted by Gasteiger charge is 1.91. The molecule has 0 aliphatic heterocycles. The van der Waals surface area contributed by atoms with E-state index in [-0.39, 0.29) is 0 Å². The van der Waals surface area contributed by atoms with Crippen LogP contribution in [0.15, 0.2) is 18.2 Å². The predicted octanol–water partition coefficient (Wildman–Crippen LogP) is 4.20. The van der Waals surface area contributed by atoms with Crippen LogP contribution in [-0.2, 0) is 0 Å². The number of alkyl halides is 1. The first-order valence-electron chi connectivity index (χ1n) is 3.31. The monoisotopic (exact) mass is 250 g/mol. The van der Waals surface area contributed by atoms with Gasteiger partial charge in [-0.05, 0) is 24.6 Å². The molecule has 0 nitrogen and oxygen atoms in total. The molecule has 0 atom stereocenters. The fourth-order valence-electron chi connectivity index (χ4n) is 0.680. The van der Waals surface area contributed by atoms with Gasteiger partial charge in [0, 0.05) is 10.2 Å². The zero-order valence-corrected chi connectivity index (χ0v) is 9.05. The molecular weight excluding hydrogens is 244 g/mol. The molecule has 0 fully saturated rings. The summed E-state index contributed by atoms with van der Waals surface area (Å²) in [4.78, 5) is 1.22. The van der Waals surface area contributed by atoms with Gasteiger partial charge in [-0.2, -0.15) is 0 Å². The summed E-state index contributed by atoms with van der Waals surface area (Å²) in [6, 6.07) is 3.94. The second kappa shape index (κ2) is 4.96. The minimum atomic E-state index is 0.850. The fraction of sp³-hybridized carbons (Fsp3) is 0.250. The maximum absolute atomic E-state index is 5.75. The van der Waals surface area contributed by atoms with Crippen molar-refractivity contribution in [2.24, 2.45) is 0 Å². The van der Waals surface area contributed by atoms with Crippen molar-refractivity contribution in [3.8, 4) is 0 Å². The molecule has 3 heteroatoms. The van der Waals surface area contributed by atoms with E-state index in [1.165, 1.54) is 4.88 Å². The van der Waals surface area contributed by atoms with Crippen molar-refractivity contribution in [3.05, 3.63) is 27.4 Å². The minimum absolute atomic E-state index is 0.850. The summed E-state index contributed by atoms with van der Waals surface area (Å²) < 4.78 is 0.850. The molecule has 0 amide bonds. The van der Waals surface area contributed by atoms with Gasteiger partial charge in [0.15, 0.2) is 0 Å². The number of hydrogen-bond donors (Lipinski definition) is 0. The number of rotatable bonds is 3. The lowest BCUT2D eigenvalue weighted by atomic mass is 10.4. The van der Waals surface area contributed by atoms with Crippen molar-refractivity contribution < 1.29 is 0 Å². The van der Waals surface area contributed by atoms with Gasteiger partial charge in [0.25, 0.3) is 0 Å².